The van der Waals surface area contributed by atoms with E-state index in [2.05, 4.69) is 9.47 Å². The fourth-order valence-corrected chi connectivity index (χ4v) is 2.82. The van der Waals surface area contributed by atoms with Gasteiger partial charge < -0.3 is 14.2 Å². The summed E-state index contributed by atoms with van der Waals surface area (Å²) in [7, 11) is 0.952. The van der Waals surface area contributed by atoms with Gasteiger partial charge in [0.2, 0.25) is 0 Å². The van der Waals surface area contributed by atoms with Gasteiger partial charge in [0.15, 0.2) is 0 Å². The number of ether oxygens (including phenoxy) is 3. The molecule has 0 saturated heterocycles. The first-order chi connectivity index (χ1) is 13.0. The van der Waals surface area contributed by atoms with E-state index in [9.17, 15) is 26.3 Å². The Bertz CT molecular complexity index is 584. The quantitative estimate of drug-likeness (QED) is 0.246. The van der Waals surface area contributed by atoms with Crippen molar-refractivity contribution in [3.05, 3.63) is 29.3 Å². The van der Waals surface area contributed by atoms with Crippen LogP contribution in [0.5, 0.6) is 5.75 Å². The Hall–Kier alpha value is -1.48. The third-order valence-electron chi connectivity index (χ3n) is 4.18. The van der Waals surface area contributed by atoms with Crippen molar-refractivity contribution in [2.75, 3.05) is 20.5 Å². The van der Waals surface area contributed by atoms with E-state index in [0.29, 0.717) is 13.0 Å². The average Bonchev–Trinajstić information content (AvgIpc) is 2.58. The highest BCUT2D eigenvalue weighted by atomic mass is 19.4. The minimum Gasteiger partial charge on any atom is -0.493 e. The van der Waals surface area contributed by atoms with Crippen LogP contribution in [0.4, 0.5) is 26.3 Å². The third-order valence-corrected chi connectivity index (χ3v) is 4.18. The lowest BCUT2D eigenvalue weighted by molar-refractivity contribution is -0.400. The predicted molar refractivity (Wildman–Crippen MR) is 92.2 cm³/mol. The molecule has 3 nitrogen and oxygen atoms in total. The minimum absolute atomic E-state index is 0.271. The van der Waals surface area contributed by atoms with Crippen LogP contribution in [-0.4, -0.2) is 32.9 Å². The van der Waals surface area contributed by atoms with Crippen LogP contribution in [-0.2, 0) is 21.5 Å². The summed E-state index contributed by atoms with van der Waals surface area (Å²) in [4.78, 5) is 0. The molecule has 0 aromatic heterocycles. The molecule has 0 unspecified atom stereocenters. The van der Waals surface area contributed by atoms with Crippen molar-refractivity contribution >= 4 is 0 Å². The molecule has 9 heteroatoms. The van der Waals surface area contributed by atoms with Crippen molar-refractivity contribution in [1.82, 2.24) is 0 Å². The Morgan fingerprint density at radius 2 is 1.54 bits per heavy atom. The van der Waals surface area contributed by atoms with Crippen molar-refractivity contribution < 1.29 is 40.6 Å². The van der Waals surface area contributed by atoms with Gasteiger partial charge in [-0.2, -0.15) is 26.3 Å². The van der Waals surface area contributed by atoms with Crippen molar-refractivity contribution in [1.29, 1.82) is 0 Å². The molecule has 0 bridgehead atoms. The zero-order valence-electron chi connectivity index (χ0n) is 16.2. The van der Waals surface area contributed by atoms with E-state index in [1.807, 2.05) is 6.92 Å². The van der Waals surface area contributed by atoms with Gasteiger partial charge in [0.05, 0.1) is 6.61 Å². The van der Waals surface area contributed by atoms with Gasteiger partial charge in [-0.15, -0.1) is 0 Å². The van der Waals surface area contributed by atoms with Crippen molar-refractivity contribution in [3.8, 4) is 5.75 Å². The Morgan fingerprint density at radius 3 is 2.04 bits per heavy atom. The number of hydrogen-bond donors (Lipinski definition) is 0. The van der Waals surface area contributed by atoms with Crippen LogP contribution in [0.25, 0.3) is 0 Å². The number of rotatable bonds is 11. The molecular weight excluding hydrogens is 390 g/mol. The second-order valence-corrected chi connectivity index (χ2v) is 6.36. The van der Waals surface area contributed by atoms with Crippen LogP contribution in [0.15, 0.2) is 18.2 Å². The van der Waals surface area contributed by atoms with Crippen molar-refractivity contribution in [2.24, 2.45) is 0 Å². The smallest absolute Gasteiger partial charge is 0.430 e. The van der Waals surface area contributed by atoms with Crippen LogP contribution in [0, 0.1) is 0 Å². The molecule has 0 saturated carbocycles. The van der Waals surface area contributed by atoms with E-state index in [0.717, 1.165) is 44.6 Å². The Balaban J connectivity index is 3.42. The van der Waals surface area contributed by atoms with Gasteiger partial charge in [0, 0.05) is 12.7 Å². The molecule has 0 aliphatic carbocycles. The molecule has 0 fully saturated rings. The molecule has 0 amide bonds. The normalized spacial score (nSPS) is 13.0. The topological polar surface area (TPSA) is 27.7 Å². The van der Waals surface area contributed by atoms with E-state index in [-0.39, 0.29) is 17.7 Å². The van der Waals surface area contributed by atoms with Crippen molar-refractivity contribution in [2.45, 2.75) is 63.9 Å². The average molecular weight is 416 g/mol. The summed E-state index contributed by atoms with van der Waals surface area (Å²) in [5, 5.41) is 0. The van der Waals surface area contributed by atoms with Gasteiger partial charge in [-0.3, -0.25) is 0 Å². The molecule has 1 aromatic carbocycles. The molecule has 162 valence electrons. The third kappa shape index (κ3) is 5.53. The maximum Gasteiger partial charge on any atom is 0.430 e. The second-order valence-electron chi connectivity index (χ2n) is 6.36. The standard InChI is InChI=1S/C19H26F6O3/c1-4-6-7-11-27-16-10-9-15(12-14(16)8-5-2)17(18(20,21)22,19(23,24)25)28-13-26-3/h9-10,12H,4-8,11,13H2,1-3H3. The molecule has 0 N–H and O–H groups in total. The lowest BCUT2D eigenvalue weighted by atomic mass is 9.89. The number of halogens is 6. The highest BCUT2D eigenvalue weighted by molar-refractivity contribution is 5.41. The van der Waals surface area contributed by atoms with Crippen LogP contribution < -0.4 is 4.74 Å². The SMILES string of the molecule is CCCCCOc1ccc(C(OCOC)(C(F)(F)F)C(F)(F)F)cc1CCC. The van der Waals surface area contributed by atoms with Gasteiger partial charge >= 0.3 is 12.4 Å². The van der Waals surface area contributed by atoms with E-state index < -0.39 is 30.3 Å². The highest BCUT2D eigenvalue weighted by Gasteiger charge is 2.73. The Morgan fingerprint density at radius 1 is 0.893 bits per heavy atom. The zero-order valence-corrected chi connectivity index (χ0v) is 16.2. The number of alkyl halides is 6. The molecule has 0 spiro atoms. The van der Waals surface area contributed by atoms with Crippen molar-refractivity contribution in [3.63, 3.8) is 0 Å². The summed E-state index contributed by atoms with van der Waals surface area (Å²) in [5.41, 5.74) is -5.26. The summed E-state index contributed by atoms with van der Waals surface area (Å²) in [5.74, 6) is 0.284. The molecule has 0 aliphatic heterocycles. The van der Waals surface area contributed by atoms with E-state index >= 15 is 0 Å². The van der Waals surface area contributed by atoms with Crippen LogP contribution >= 0.6 is 0 Å². The first-order valence-electron chi connectivity index (χ1n) is 9.07. The van der Waals surface area contributed by atoms with Gasteiger partial charge in [0.25, 0.3) is 5.60 Å². The summed E-state index contributed by atoms with van der Waals surface area (Å²) in [6.45, 7) is 2.95. The monoisotopic (exact) mass is 416 g/mol. The van der Waals surface area contributed by atoms with Gasteiger partial charge in [-0.25, -0.2) is 0 Å². The molecule has 0 aliphatic rings. The number of benzene rings is 1. The van der Waals surface area contributed by atoms with Crippen LogP contribution in [0.1, 0.15) is 50.7 Å². The van der Waals surface area contributed by atoms with Gasteiger partial charge in [-0.1, -0.05) is 39.2 Å². The number of hydrogen-bond acceptors (Lipinski definition) is 3. The fraction of sp³-hybridized carbons (Fsp3) is 0.684. The molecule has 0 radical (unpaired) electrons. The minimum atomic E-state index is -5.74. The van der Waals surface area contributed by atoms with Gasteiger partial charge in [0.1, 0.15) is 12.5 Å². The predicted octanol–water partition coefficient (Wildman–Crippen LogP) is 6.15. The molecule has 0 heterocycles. The Labute approximate surface area is 161 Å². The zero-order chi connectivity index (χ0) is 21.4. The first kappa shape index (κ1) is 24.6. The molecule has 28 heavy (non-hydrogen) atoms. The molecule has 0 atom stereocenters. The lowest BCUT2D eigenvalue weighted by Crippen LogP contribution is -2.56. The summed E-state index contributed by atoms with van der Waals surface area (Å²) in [6, 6.07) is 2.77. The molecule has 1 rings (SSSR count). The fourth-order valence-electron chi connectivity index (χ4n) is 2.82. The van der Waals surface area contributed by atoms with E-state index in [1.54, 1.807) is 6.92 Å². The second kappa shape index (κ2) is 10.3. The maximum absolute atomic E-state index is 13.7. The lowest BCUT2D eigenvalue weighted by Gasteiger charge is -2.37. The number of methoxy groups -OCH3 is 1. The van der Waals surface area contributed by atoms with E-state index in [4.69, 9.17) is 4.74 Å². The van der Waals surface area contributed by atoms with Crippen LogP contribution in [0.3, 0.4) is 0 Å². The molecular formula is C19H26F6O3. The highest BCUT2D eigenvalue weighted by Crippen LogP contribution is 2.53. The number of aryl methyl sites for hydroxylation is 1. The Kier molecular flexibility index (Phi) is 9.07. The molecule has 1 aromatic rings. The number of unbranched alkanes of at least 4 members (excludes halogenated alkanes) is 2. The van der Waals surface area contributed by atoms with Gasteiger partial charge in [-0.05, 0) is 30.5 Å². The maximum atomic E-state index is 13.7. The summed E-state index contributed by atoms with van der Waals surface area (Å²) < 4.78 is 96.1. The van der Waals surface area contributed by atoms with E-state index in [1.165, 1.54) is 0 Å². The summed E-state index contributed by atoms with van der Waals surface area (Å²) in [6.07, 6.45) is -8.06. The first-order valence-corrected chi connectivity index (χ1v) is 9.07. The summed E-state index contributed by atoms with van der Waals surface area (Å²) >= 11 is 0. The largest absolute Gasteiger partial charge is 0.493 e. The van der Waals surface area contributed by atoms with Crippen LogP contribution in [0.2, 0.25) is 0 Å².